The lowest BCUT2D eigenvalue weighted by Crippen LogP contribution is -2.38. The highest BCUT2D eigenvalue weighted by Crippen LogP contribution is 2.31. The van der Waals surface area contributed by atoms with Crippen molar-refractivity contribution >= 4 is 33.8 Å². The number of amides is 1. The molecule has 170 valence electrons. The van der Waals surface area contributed by atoms with Crippen LogP contribution in [0.4, 0.5) is 24.1 Å². The van der Waals surface area contributed by atoms with E-state index in [0.717, 1.165) is 29.5 Å². The van der Waals surface area contributed by atoms with Crippen molar-refractivity contribution in [2.24, 2.45) is 5.92 Å². The first-order chi connectivity index (χ1) is 15.4. The van der Waals surface area contributed by atoms with E-state index < -0.39 is 12.0 Å². The molecular formula is C20H22F3N7OS. The predicted molar refractivity (Wildman–Crippen MR) is 113 cm³/mol. The van der Waals surface area contributed by atoms with Gasteiger partial charge in [0.05, 0.1) is 5.69 Å². The summed E-state index contributed by atoms with van der Waals surface area (Å²) in [6.45, 7) is 1.04. The first-order valence-electron chi connectivity index (χ1n) is 10.7. The van der Waals surface area contributed by atoms with Crippen LogP contribution in [0.3, 0.4) is 0 Å². The van der Waals surface area contributed by atoms with Crippen LogP contribution < -0.4 is 10.2 Å². The Kier molecular flexibility index (Phi) is 5.48. The van der Waals surface area contributed by atoms with Crippen molar-refractivity contribution in [3.63, 3.8) is 0 Å². The topological polar surface area (TPSA) is 88.3 Å². The molecule has 4 heterocycles. The number of aryl methyl sites for hydroxylation is 2. The Morgan fingerprint density at radius 2 is 1.88 bits per heavy atom. The molecule has 1 N–H and O–H groups in total. The fourth-order valence-electron chi connectivity index (χ4n) is 4.29. The summed E-state index contributed by atoms with van der Waals surface area (Å²) < 4.78 is 40.1. The zero-order valence-electron chi connectivity index (χ0n) is 17.2. The summed E-state index contributed by atoms with van der Waals surface area (Å²) in [5.74, 6) is -0.953. The Morgan fingerprint density at radius 3 is 2.66 bits per heavy atom. The Bertz CT molecular complexity index is 1110. The zero-order valence-corrected chi connectivity index (χ0v) is 18.0. The summed E-state index contributed by atoms with van der Waals surface area (Å²) in [6, 6.07) is 3.10. The number of hydrogen-bond acceptors (Lipinski definition) is 7. The van der Waals surface area contributed by atoms with E-state index in [0.29, 0.717) is 36.9 Å². The minimum absolute atomic E-state index is 0.0391. The Balaban J connectivity index is 1.23. The molecule has 1 amide bonds. The number of aromatic nitrogens is 5. The first kappa shape index (κ1) is 21.1. The fraction of sp³-hybridized carbons (Fsp3) is 0.550. The summed E-state index contributed by atoms with van der Waals surface area (Å²) >= 11 is 1.57. The number of thiazole rings is 1. The highest BCUT2D eigenvalue weighted by Gasteiger charge is 2.38. The second kappa shape index (κ2) is 8.30. The van der Waals surface area contributed by atoms with Gasteiger partial charge < -0.3 is 10.2 Å². The molecule has 1 aliphatic heterocycles. The Labute approximate surface area is 185 Å². The van der Waals surface area contributed by atoms with E-state index in [4.69, 9.17) is 0 Å². The van der Waals surface area contributed by atoms with Gasteiger partial charge in [0.2, 0.25) is 5.91 Å². The maximum atomic E-state index is 13.1. The van der Waals surface area contributed by atoms with Crippen LogP contribution in [0, 0.1) is 5.92 Å². The molecule has 8 nitrogen and oxygen atoms in total. The van der Waals surface area contributed by atoms with E-state index in [1.54, 1.807) is 17.4 Å². The molecule has 0 atom stereocenters. The standard InChI is InChI=1S/C20H22F3N7OS/c21-20(22,23)18-27-26-15-6-7-16(28-30(15)18)29-10-8-12(9-11-29)17(31)25-19-24-13-4-2-1-3-5-14(13)32-19/h6-7,12H,1-5,8-11H2,(H,24,25,31). The molecule has 12 heteroatoms. The summed E-state index contributed by atoms with van der Waals surface area (Å²) in [5.41, 5.74) is 1.16. The number of carbonyl (C=O) groups excluding carboxylic acids is 1. The number of rotatable bonds is 3. The molecule has 32 heavy (non-hydrogen) atoms. The number of anilines is 2. The van der Waals surface area contributed by atoms with Gasteiger partial charge in [-0.05, 0) is 50.7 Å². The van der Waals surface area contributed by atoms with Gasteiger partial charge in [0.1, 0.15) is 5.82 Å². The molecule has 0 bridgehead atoms. The fourth-order valence-corrected chi connectivity index (χ4v) is 5.34. The molecular weight excluding hydrogens is 443 g/mol. The van der Waals surface area contributed by atoms with Crippen molar-refractivity contribution < 1.29 is 18.0 Å². The van der Waals surface area contributed by atoms with Gasteiger partial charge in [0, 0.05) is 23.9 Å². The third-order valence-corrected chi connectivity index (χ3v) is 7.09. The molecule has 0 radical (unpaired) electrons. The van der Waals surface area contributed by atoms with Crippen LogP contribution in [0.1, 0.15) is 48.5 Å². The third kappa shape index (κ3) is 4.15. The van der Waals surface area contributed by atoms with E-state index in [1.165, 1.54) is 23.8 Å². The van der Waals surface area contributed by atoms with Crippen LogP contribution in [0.5, 0.6) is 0 Å². The molecule has 3 aromatic rings. The number of nitrogens with zero attached hydrogens (tertiary/aromatic N) is 6. The number of alkyl halides is 3. The molecule has 1 fully saturated rings. The average Bonchev–Trinajstić information content (AvgIpc) is 3.31. The largest absolute Gasteiger partial charge is 0.453 e. The number of halogens is 3. The lowest BCUT2D eigenvalue weighted by atomic mass is 9.96. The molecule has 3 aromatic heterocycles. The summed E-state index contributed by atoms with van der Waals surface area (Å²) in [6.07, 6.45) is 2.07. The maximum Gasteiger partial charge on any atom is 0.453 e. The highest BCUT2D eigenvalue weighted by molar-refractivity contribution is 7.15. The van der Waals surface area contributed by atoms with Crippen molar-refractivity contribution in [1.29, 1.82) is 0 Å². The minimum Gasteiger partial charge on any atom is -0.355 e. The number of piperidine rings is 1. The van der Waals surface area contributed by atoms with Crippen molar-refractivity contribution in [3.8, 4) is 0 Å². The summed E-state index contributed by atoms with van der Waals surface area (Å²) in [4.78, 5) is 20.5. The van der Waals surface area contributed by atoms with E-state index in [1.807, 2.05) is 4.90 Å². The van der Waals surface area contributed by atoms with Crippen LogP contribution in [-0.4, -0.2) is 43.8 Å². The van der Waals surface area contributed by atoms with Crippen molar-refractivity contribution in [2.45, 2.75) is 51.1 Å². The molecule has 5 rings (SSSR count). The van der Waals surface area contributed by atoms with Gasteiger partial charge >= 0.3 is 6.18 Å². The first-order valence-corrected chi connectivity index (χ1v) is 11.5. The summed E-state index contributed by atoms with van der Waals surface area (Å²) in [5, 5.41) is 14.5. The second-order valence-corrected chi connectivity index (χ2v) is 9.27. The van der Waals surface area contributed by atoms with Gasteiger partial charge in [0.25, 0.3) is 5.82 Å². The quantitative estimate of drug-likeness (QED) is 0.593. The van der Waals surface area contributed by atoms with E-state index in [9.17, 15) is 18.0 Å². The zero-order chi connectivity index (χ0) is 22.3. The van der Waals surface area contributed by atoms with Crippen LogP contribution in [0.15, 0.2) is 12.1 Å². The Morgan fingerprint density at radius 1 is 1.09 bits per heavy atom. The maximum absolute atomic E-state index is 13.1. The van der Waals surface area contributed by atoms with Crippen molar-refractivity contribution in [3.05, 3.63) is 28.5 Å². The normalized spacial score (nSPS) is 17.9. The SMILES string of the molecule is O=C(Nc1nc2c(s1)CCCCC2)C1CCN(c2ccc3nnc(C(F)(F)F)n3n2)CC1. The van der Waals surface area contributed by atoms with Crippen LogP contribution in [-0.2, 0) is 23.8 Å². The predicted octanol–water partition coefficient (Wildman–Crippen LogP) is 3.72. The number of hydrogen-bond donors (Lipinski definition) is 1. The lowest BCUT2D eigenvalue weighted by Gasteiger charge is -2.31. The van der Waals surface area contributed by atoms with Gasteiger partial charge in [-0.3, -0.25) is 4.79 Å². The van der Waals surface area contributed by atoms with Crippen LogP contribution in [0.25, 0.3) is 5.65 Å². The molecule has 0 spiro atoms. The average molecular weight is 466 g/mol. The van der Waals surface area contributed by atoms with E-state index in [-0.39, 0.29) is 17.5 Å². The van der Waals surface area contributed by atoms with Gasteiger partial charge in [-0.1, -0.05) is 6.42 Å². The van der Waals surface area contributed by atoms with Crippen molar-refractivity contribution in [1.82, 2.24) is 24.8 Å². The molecule has 1 saturated heterocycles. The van der Waals surface area contributed by atoms with E-state index in [2.05, 4.69) is 25.6 Å². The highest BCUT2D eigenvalue weighted by atomic mass is 32.1. The second-order valence-electron chi connectivity index (χ2n) is 8.18. The minimum atomic E-state index is -4.63. The van der Waals surface area contributed by atoms with E-state index >= 15 is 0 Å². The summed E-state index contributed by atoms with van der Waals surface area (Å²) in [7, 11) is 0. The van der Waals surface area contributed by atoms with Crippen molar-refractivity contribution in [2.75, 3.05) is 23.3 Å². The van der Waals surface area contributed by atoms with Gasteiger partial charge in [-0.15, -0.1) is 26.6 Å². The molecule has 0 aromatic carbocycles. The number of fused-ring (bicyclic) bond motifs is 2. The lowest BCUT2D eigenvalue weighted by molar-refractivity contribution is -0.146. The molecule has 0 saturated carbocycles. The number of carbonyl (C=O) groups is 1. The third-order valence-electron chi connectivity index (χ3n) is 6.02. The van der Waals surface area contributed by atoms with Crippen LogP contribution >= 0.6 is 11.3 Å². The van der Waals surface area contributed by atoms with Crippen LogP contribution in [0.2, 0.25) is 0 Å². The smallest absolute Gasteiger partial charge is 0.355 e. The van der Waals surface area contributed by atoms with Gasteiger partial charge in [-0.2, -0.15) is 17.7 Å². The molecule has 2 aliphatic rings. The monoisotopic (exact) mass is 465 g/mol. The Hall–Kier alpha value is -2.76. The van der Waals surface area contributed by atoms with Gasteiger partial charge in [-0.25, -0.2) is 4.98 Å². The number of nitrogens with one attached hydrogen (secondary N) is 1. The van der Waals surface area contributed by atoms with Gasteiger partial charge in [0.15, 0.2) is 10.8 Å². The molecule has 1 aliphatic carbocycles. The molecule has 0 unspecified atom stereocenters.